The first kappa shape index (κ1) is 20.6. The zero-order valence-corrected chi connectivity index (χ0v) is 16.4. The lowest BCUT2D eigenvalue weighted by molar-refractivity contribution is -0.147. The topological polar surface area (TPSA) is 92.8 Å². The van der Waals surface area contributed by atoms with E-state index < -0.39 is 18.5 Å². The highest BCUT2D eigenvalue weighted by Gasteiger charge is 2.22. The van der Waals surface area contributed by atoms with Crippen molar-refractivity contribution in [3.05, 3.63) is 65.7 Å². The van der Waals surface area contributed by atoms with Crippen LogP contribution in [-0.4, -0.2) is 53.2 Å². The number of esters is 1. The second-order valence-electron chi connectivity index (χ2n) is 6.30. The second-order valence-corrected chi connectivity index (χ2v) is 7.35. The molecular formula is C21H20N2O5S. The smallest absolute Gasteiger partial charge is 0.308 e. The third-order valence-electron chi connectivity index (χ3n) is 4.28. The maximum absolute atomic E-state index is 12.7. The highest BCUT2D eigenvalue weighted by Crippen LogP contribution is 2.19. The summed E-state index contributed by atoms with van der Waals surface area (Å²) in [4.78, 5) is 49.7. The summed E-state index contributed by atoms with van der Waals surface area (Å²) in [6, 6.07) is 15.4. The van der Waals surface area contributed by atoms with E-state index >= 15 is 0 Å². The van der Waals surface area contributed by atoms with Crippen molar-refractivity contribution in [2.24, 2.45) is 0 Å². The Labute approximate surface area is 172 Å². The molecule has 0 bridgehead atoms. The summed E-state index contributed by atoms with van der Waals surface area (Å²) >= 11 is 1.22. The van der Waals surface area contributed by atoms with Crippen molar-refractivity contribution in [2.45, 2.75) is 6.42 Å². The summed E-state index contributed by atoms with van der Waals surface area (Å²) < 4.78 is 4.98. The van der Waals surface area contributed by atoms with Crippen molar-refractivity contribution in [3.63, 3.8) is 0 Å². The van der Waals surface area contributed by atoms with E-state index in [2.05, 4.69) is 5.32 Å². The molecule has 7 nitrogen and oxygen atoms in total. The van der Waals surface area contributed by atoms with Gasteiger partial charge in [-0.05, 0) is 12.1 Å². The predicted molar refractivity (Wildman–Crippen MR) is 110 cm³/mol. The van der Waals surface area contributed by atoms with E-state index in [0.717, 1.165) is 5.75 Å². The van der Waals surface area contributed by atoms with Crippen LogP contribution in [0.4, 0.5) is 10.5 Å². The Kier molecular flexibility index (Phi) is 7.02. The fraction of sp³-hybridized carbons (Fsp3) is 0.238. The zero-order chi connectivity index (χ0) is 20.6. The van der Waals surface area contributed by atoms with Gasteiger partial charge in [0.2, 0.25) is 0 Å². The van der Waals surface area contributed by atoms with Crippen LogP contribution in [0.15, 0.2) is 54.6 Å². The summed E-state index contributed by atoms with van der Waals surface area (Å²) in [5.41, 5.74) is 1.21. The van der Waals surface area contributed by atoms with Crippen LogP contribution >= 0.6 is 11.8 Å². The van der Waals surface area contributed by atoms with E-state index in [1.54, 1.807) is 53.4 Å². The minimum absolute atomic E-state index is 0.0304. The number of carbonyl (C=O) groups is 4. The third kappa shape index (κ3) is 5.68. The molecule has 1 aliphatic heterocycles. The first-order chi connectivity index (χ1) is 14.0. The van der Waals surface area contributed by atoms with Crippen LogP contribution in [0, 0.1) is 0 Å². The van der Waals surface area contributed by atoms with Gasteiger partial charge < -0.3 is 15.0 Å². The lowest BCUT2D eigenvalue weighted by Crippen LogP contribution is -2.28. The number of ether oxygens (including phenoxy) is 1. The van der Waals surface area contributed by atoms with E-state index in [4.69, 9.17) is 4.74 Å². The number of carbonyl (C=O) groups excluding carboxylic acids is 4. The molecule has 0 aliphatic carbocycles. The Morgan fingerprint density at radius 2 is 1.76 bits per heavy atom. The molecule has 0 saturated carbocycles. The van der Waals surface area contributed by atoms with Crippen molar-refractivity contribution >= 4 is 40.3 Å². The summed E-state index contributed by atoms with van der Waals surface area (Å²) in [6.45, 7) is 0.430. The molecule has 2 aromatic rings. The van der Waals surface area contributed by atoms with Crippen LogP contribution < -0.4 is 5.32 Å². The van der Waals surface area contributed by atoms with Gasteiger partial charge in [-0.25, -0.2) is 0 Å². The van der Waals surface area contributed by atoms with Crippen LogP contribution in [0.1, 0.15) is 22.3 Å². The van der Waals surface area contributed by atoms with Gasteiger partial charge in [0.05, 0.1) is 12.1 Å². The highest BCUT2D eigenvalue weighted by atomic mass is 32.2. The molecular weight excluding hydrogens is 392 g/mol. The first-order valence-electron chi connectivity index (χ1n) is 9.10. The lowest BCUT2D eigenvalue weighted by Gasteiger charge is -2.14. The Morgan fingerprint density at radius 1 is 1.03 bits per heavy atom. The molecule has 8 heteroatoms. The predicted octanol–water partition coefficient (Wildman–Crippen LogP) is 2.96. The number of para-hydroxylation sites is 1. The quantitative estimate of drug-likeness (QED) is 0.529. The monoisotopic (exact) mass is 412 g/mol. The van der Waals surface area contributed by atoms with Crippen molar-refractivity contribution in [2.75, 3.05) is 30.8 Å². The molecule has 150 valence electrons. The molecule has 0 atom stereocenters. The first-order valence-corrected chi connectivity index (χ1v) is 10.1. The summed E-state index contributed by atoms with van der Waals surface area (Å²) in [7, 11) is 0. The van der Waals surface area contributed by atoms with Gasteiger partial charge in [0.15, 0.2) is 12.4 Å². The number of nitrogens with zero attached hydrogens (tertiary/aromatic N) is 1. The molecule has 3 rings (SSSR count). The van der Waals surface area contributed by atoms with Gasteiger partial charge in [0, 0.05) is 30.0 Å². The van der Waals surface area contributed by atoms with E-state index in [1.807, 2.05) is 6.07 Å². The molecule has 2 aromatic carbocycles. The maximum Gasteiger partial charge on any atom is 0.308 e. The van der Waals surface area contributed by atoms with Crippen LogP contribution in [0.2, 0.25) is 0 Å². The lowest BCUT2D eigenvalue weighted by atomic mass is 10.0. The van der Waals surface area contributed by atoms with Crippen molar-refractivity contribution in [3.8, 4) is 0 Å². The van der Waals surface area contributed by atoms with Gasteiger partial charge in [-0.1, -0.05) is 54.2 Å². The number of benzene rings is 2. The van der Waals surface area contributed by atoms with Gasteiger partial charge in [-0.15, -0.1) is 0 Å². The number of thioether (sulfide) groups is 1. The van der Waals surface area contributed by atoms with Crippen molar-refractivity contribution in [1.29, 1.82) is 0 Å². The second kappa shape index (κ2) is 9.88. The number of hydrogen-bond acceptors (Lipinski definition) is 6. The number of rotatable bonds is 8. The number of anilines is 1. The number of ketones is 1. The molecule has 1 fully saturated rings. The Morgan fingerprint density at radius 3 is 2.48 bits per heavy atom. The summed E-state index contributed by atoms with van der Waals surface area (Å²) in [5.74, 6) is -0.596. The van der Waals surface area contributed by atoms with Gasteiger partial charge in [-0.3, -0.25) is 19.2 Å². The van der Waals surface area contributed by atoms with E-state index in [1.165, 1.54) is 11.8 Å². The number of nitrogens with one attached hydrogen (secondary N) is 1. The number of amides is 2. The van der Waals surface area contributed by atoms with E-state index in [-0.39, 0.29) is 24.0 Å². The molecule has 1 N–H and O–H groups in total. The molecule has 1 aliphatic rings. The van der Waals surface area contributed by atoms with Gasteiger partial charge in [-0.2, -0.15) is 0 Å². The van der Waals surface area contributed by atoms with Crippen LogP contribution in [-0.2, 0) is 14.3 Å². The standard InChI is InChI=1S/C21H20N2O5S/c24-18(14-28-19(25)10-11-23-12-13-29-21(23)27)22-17-9-5-4-8-16(17)20(26)15-6-2-1-3-7-15/h1-9H,10-14H2,(H,22,24). The fourth-order valence-corrected chi connectivity index (χ4v) is 3.65. The number of hydrogen-bond donors (Lipinski definition) is 1. The molecule has 2 amide bonds. The van der Waals surface area contributed by atoms with Crippen LogP contribution in [0.3, 0.4) is 0 Å². The molecule has 0 unspecified atom stereocenters. The largest absolute Gasteiger partial charge is 0.456 e. The molecule has 0 aromatic heterocycles. The normalized spacial score (nSPS) is 13.2. The van der Waals surface area contributed by atoms with E-state index in [0.29, 0.717) is 23.4 Å². The fourth-order valence-electron chi connectivity index (χ4n) is 2.79. The van der Waals surface area contributed by atoms with Crippen LogP contribution in [0.5, 0.6) is 0 Å². The molecule has 29 heavy (non-hydrogen) atoms. The molecule has 1 saturated heterocycles. The van der Waals surface area contributed by atoms with Crippen molar-refractivity contribution in [1.82, 2.24) is 4.90 Å². The van der Waals surface area contributed by atoms with Gasteiger partial charge >= 0.3 is 5.97 Å². The minimum Gasteiger partial charge on any atom is -0.456 e. The van der Waals surface area contributed by atoms with Gasteiger partial charge in [0.1, 0.15) is 0 Å². The third-order valence-corrected chi connectivity index (χ3v) is 5.17. The Balaban J connectivity index is 1.52. The van der Waals surface area contributed by atoms with Gasteiger partial charge in [0.25, 0.3) is 11.1 Å². The van der Waals surface area contributed by atoms with Crippen LogP contribution in [0.25, 0.3) is 0 Å². The van der Waals surface area contributed by atoms with Crippen molar-refractivity contribution < 1.29 is 23.9 Å². The molecule has 1 heterocycles. The molecule has 0 spiro atoms. The minimum atomic E-state index is -0.557. The molecule has 0 radical (unpaired) electrons. The van der Waals surface area contributed by atoms with E-state index in [9.17, 15) is 19.2 Å². The average molecular weight is 412 g/mol. The maximum atomic E-state index is 12.7. The Bertz CT molecular complexity index is 916. The Hall–Kier alpha value is -3.13. The summed E-state index contributed by atoms with van der Waals surface area (Å²) in [6.07, 6.45) is 0.0304. The average Bonchev–Trinajstić information content (AvgIpc) is 3.16. The zero-order valence-electron chi connectivity index (χ0n) is 15.6. The summed E-state index contributed by atoms with van der Waals surface area (Å²) in [5, 5.41) is 2.57. The SMILES string of the molecule is O=C(COC(=O)CCN1CCSC1=O)Nc1ccccc1C(=O)c1ccccc1. The highest BCUT2D eigenvalue weighted by molar-refractivity contribution is 8.13.